The van der Waals surface area contributed by atoms with Crippen molar-refractivity contribution < 1.29 is 9.53 Å². The van der Waals surface area contributed by atoms with Crippen LogP contribution in [0.3, 0.4) is 0 Å². The van der Waals surface area contributed by atoms with E-state index in [9.17, 15) is 4.79 Å². The number of nitriles is 1. The van der Waals surface area contributed by atoms with Gasteiger partial charge in [0.1, 0.15) is 11.2 Å². The Morgan fingerprint density at radius 1 is 1.50 bits per heavy atom. The van der Waals surface area contributed by atoms with Crippen LogP contribution in [0.25, 0.3) is 0 Å². The van der Waals surface area contributed by atoms with Crippen molar-refractivity contribution in [1.82, 2.24) is 5.32 Å². The van der Waals surface area contributed by atoms with Crippen LogP contribution in [0, 0.1) is 17.6 Å². The van der Waals surface area contributed by atoms with Crippen LogP contribution >= 0.6 is 11.8 Å². The predicted octanol–water partition coefficient (Wildman–Crippen LogP) is 3.41. The van der Waals surface area contributed by atoms with E-state index < -0.39 is 6.09 Å². The molecule has 1 N–H and O–H groups in total. The van der Waals surface area contributed by atoms with Crippen LogP contribution in [0.15, 0.2) is 17.0 Å². The smallest absolute Gasteiger partial charge is 0.410 e. The summed E-state index contributed by atoms with van der Waals surface area (Å²) in [5, 5.41) is 13.3. The van der Waals surface area contributed by atoms with Crippen LogP contribution in [-0.4, -0.2) is 13.1 Å². The van der Waals surface area contributed by atoms with E-state index in [0.717, 1.165) is 27.8 Å². The molecule has 18 heavy (non-hydrogen) atoms. The monoisotopic (exact) mass is 264 g/mol. The molecule has 96 valence electrons. The molecule has 0 aliphatic carbocycles. The van der Waals surface area contributed by atoms with Gasteiger partial charge < -0.3 is 10.1 Å². The molecule has 1 rings (SSSR count). The lowest BCUT2D eigenvalue weighted by atomic mass is 10.0. The summed E-state index contributed by atoms with van der Waals surface area (Å²) >= 11 is 1.13. The number of rotatable bonds is 3. The topological polar surface area (TPSA) is 62.1 Å². The van der Waals surface area contributed by atoms with Crippen molar-refractivity contribution in [2.24, 2.45) is 0 Å². The molecule has 5 heteroatoms. The zero-order valence-corrected chi connectivity index (χ0v) is 11.7. The number of benzene rings is 1. The molecule has 0 unspecified atom stereocenters. The largest absolute Gasteiger partial charge is 0.412 e. The SMILES string of the molecule is CNC(=O)Oc1cc(C(C)C)c(SC#N)cc1C. The molecule has 0 spiro atoms. The Morgan fingerprint density at radius 3 is 2.67 bits per heavy atom. The first-order valence-electron chi connectivity index (χ1n) is 5.59. The van der Waals surface area contributed by atoms with Crippen molar-refractivity contribution in [3.8, 4) is 11.2 Å². The molecule has 0 bridgehead atoms. The second-order valence-corrected chi connectivity index (χ2v) is 4.97. The Kier molecular flexibility index (Phi) is 5.05. The minimum Gasteiger partial charge on any atom is -0.410 e. The molecule has 1 aromatic carbocycles. The second kappa shape index (κ2) is 6.31. The Bertz CT molecular complexity index is 492. The number of nitrogens with one attached hydrogen (secondary N) is 1. The van der Waals surface area contributed by atoms with Gasteiger partial charge in [-0.15, -0.1) is 0 Å². The van der Waals surface area contributed by atoms with Crippen LogP contribution in [0.5, 0.6) is 5.75 Å². The lowest BCUT2D eigenvalue weighted by molar-refractivity contribution is 0.202. The molecule has 0 radical (unpaired) electrons. The molecule has 0 aliphatic rings. The number of hydrogen-bond acceptors (Lipinski definition) is 4. The van der Waals surface area contributed by atoms with E-state index in [1.165, 1.54) is 7.05 Å². The molecule has 0 saturated heterocycles. The maximum Gasteiger partial charge on any atom is 0.412 e. The molecule has 4 nitrogen and oxygen atoms in total. The molecule has 0 aromatic heterocycles. The third-order valence-electron chi connectivity index (χ3n) is 2.49. The number of ether oxygens (including phenoxy) is 1. The van der Waals surface area contributed by atoms with Crippen molar-refractivity contribution >= 4 is 17.9 Å². The van der Waals surface area contributed by atoms with E-state index in [1.807, 2.05) is 32.9 Å². The molecule has 1 amide bonds. The molecule has 0 atom stereocenters. The van der Waals surface area contributed by atoms with E-state index in [-0.39, 0.29) is 5.92 Å². The van der Waals surface area contributed by atoms with Gasteiger partial charge in [0.15, 0.2) is 0 Å². The number of thioether (sulfide) groups is 1. The van der Waals surface area contributed by atoms with E-state index in [4.69, 9.17) is 10.00 Å². The van der Waals surface area contributed by atoms with Gasteiger partial charge in [0.25, 0.3) is 0 Å². The molecule has 0 aliphatic heterocycles. The number of carbonyl (C=O) groups excluding carboxylic acids is 1. The zero-order valence-electron chi connectivity index (χ0n) is 10.9. The lowest BCUT2D eigenvalue weighted by Gasteiger charge is -2.14. The summed E-state index contributed by atoms with van der Waals surface area (Å²) in [6, 6.07) is 3.70. The fraction of sp³-hybridized carbons (Fsp3) is 0.385. The summed E-state index contributed by atoms with van der Waals surface area (Å²) in [5.74, 6) is 0.786. The average Bonchev–Trinajstić information content (AvgIpc) is 2.32. The number of nitrogens with zero attached hydrogens (tertiary/aromatic N) is 1. The fourth-order valence-corrected chi connectivity index (χ4v) is 2.27. The summed E-state index contributed by atoms with van der Waals surface area (Å²) in [7, 11) is 1.51. The summed E-state index contributed by atoms with van der Waals surface area (Å²) in [4.78, 5) is 12.1. The zero-order chi connectivity index (χ0) is 13.7. The van der Waals surface area contributed by atoms with Crippen molar-refractivity contribution in [1.29, 1.82) is 5.26 Å². The molecule has 1 aromatic rings. The fourth-order valence-electron chi connectivity index (χ4n) is 1.53. The first-order chi connectivity index (χ1) is 8.49. The normalized spacial score (nSPS) is 10.0. The summed E-state index contributed by atoms with van der Waals surface area (Å²) in [6.45, 7) is 5.93. The molecular weight excluding hydrogens is 248 g/mol. The van der Waals surface area contributed by atoms with E-state index in [2.05, 4.69) is 10.7 Å². The lowest BCUT2D eigenvalue weighted by Crippen LogP contribution is -2.22. The van der Waals surface area contributed by atoms with Gasteiger partial charge in [0.05, 0.1) is 0 Å². The summed E-state index contributed by atoms with van der Waals surface area (Å²) in [5.41, 5.74) is 1.84. The highest BCUT2D eigenvalue weighted by Crippen LogP contribution is 2.33. The van der Waals surface area contributed by atoms with E-state index >= 15 is 0 Å². The van der Waals surface area contributed by atoms with Gasteiger partial charge in [0.2, 0.25) is 0 Å². The summed E-state index contributed by atoms with van der Waals surface area (Å²) in [6.07, 6.45) is -0.492. The van der Waals surface area contributed by atoms with Gasteiger partial charge in [-0.2, -0.15) is 5.26 Å². The van der Waals surface area contributed by atoms with Gasteiger partial charge in [-0.1, -0.05) is 13.8 Å². The third kappa shape index (κ3) is 3.41. The highest BCUT2D eigenvalue weighted by atomic mass is 32.2. The summed E-state index contributed by atoms with van der Waals surface area (Å²) < 4.78 is 5.18. The number of hydrogen-bond donors (Lipinski definition) is 1. The Hall–Kier alpha value is -1.67. The average molecular weight is 264 g/mol. The number of amides is 1. The van der Waals surface area contributed by atoms with Crippen LogP contribution in [0.1, 0.15) is 30.9 Å². The van der Waals surface area contributed by atoms with Crippen LogP contribution < -0.4 is 10.1 Å². The Balaban J connectivity index is 3.19. The van der Waals surface area contributed by atoms with Crippen molar-refractivity contribution in [2.75, 3.05) is 7.05 Å². The molecular formula is C13H16N2O2S. The van der Waals surface area contributed by atoms with E-state index in [0.29, 0.717) is 5.75 Å². The first kappa shape index (κ1) is 14.4. The first-order valence-corrected chi connectivity index (χ1v) is 6.41. The Morgan fingerprint density at radius 2 is 2.17 bits per heavy atom. The minimum absolute atomic E-state index is 0.258. The number of thiocyanates is 1. The highest BCUT2D eigenvalue weighted by Gasteiger charge is 2.13. The number of carbonyl (C=O) groups is 1. The van der Waals surface area contributed by atoms with Gasteiger partial charge >= 0.3 is 6.09 Å². The van der Waals surface area contributed by atoms with Crippen LogP contribution in [0.4, 0.5) is 4.79 Å². The van der Waals surface area contributed by atoms with Gasteiger partial charge in [-0.25, -0.2) is 4.79 Å². The maximum absolute atomic E-state index is 11.2. The third-order valence-corrected chi connectivity index (χ3v) is 3.16. The van der Waals surface area contributed by atoms with Crippen LogP contribution in [-0.2, 0) is 0 Å². The maximum atomic E-state index is 11.2. The van der Waals surface area contributed by atoms with Gasteiger partial charge in [-0.3, -0.25) is 0 Å². The van der Waals surface area contributed by atoms with Crippen molar-refractivity contribution in [3.63, 3.8) is 0 Å². The molecule has 0 fully saturated rings. The van der Waals surface area contributed by atoms with Gasteiger partial charge in [-0.05, 0) is 47.9 Å². The van der Waals surface area contributed by atoms with Crippen LogP contribution in [0.2, 0.25) is 0 Å². The van der Waals surface area contributed by atoms with Crippen molar-refractivity contribution in [2.45, 2.75) is 31.6 Å². The highest BCUT2D eigenvalue weighted by molar-refractivity contribution is 8.03. The van der Waals surface area contributed by atoms with Crippen molar-refractivity contribution in [3.05, 3.63) is 23.3 Å². The quantitative estimate of drug-likeness (QED) is 0.671. The minimum atomic E-state index is -0.492. The van der Waals surface area contributed by atoms with Gasteiger partial charge in [0, 0.05) is 11.9 Å². The predicted molar refractivity (Wildman–Crippen MR) is 71.8 cm³/mol. The second-order valence-electron chi connectivity index (χ2n) is 4.14. The Labute approximate surface area is 111 Å². The standard InChI is InChI=1S/C13H16N2O2S/c1-8(2)10-6-11(17-13(16)15-4)9(3)5-12(10)18-7-14/h5-6,8H,1-4H3,(H,15,16). The number of aryl methyl sites for hydroxylation is 1. The molecule has 0 heterocycles. The van der Waals surface area contributed by atoms with E-state index in [1.54, 1.807) is 0 Å². The molecule has 0 saturated carbocycles.